The molecule has 6 rings (SSSR count). The molecule has 4 unspecified atom stereocenters. The van der Waals surface area contributed by atoms with Crippen molar-refractivity contribution in [1.29, 1.82) is 0 Å². The first-order valence-corrected chi connectivity index (χ1v) is 10.9. The molecule has 4 fully saturated rings. The van der Waals surface area contributed by atoms with Crippen LogP contribution in [-0.2, 0) is 44.6 Å². The van der Waals surface area contributed by atoms with Crippen LogP contribution in [0.5, 0.6) is 0 Å². The molecule has 0 aromatic heterocycles. The Bertz CT molecular complexity index is 976. The SMILES string of the molecule is Nc1c(N)c(-c2ccccc2CC2CO2)c(CC2CO2)c(CC2CO2)c1CC1CO1. The monoisotopic (exact) mass is 408 g/mol. The Hall–Kier alpha value is -2.12. The fourth-order valence-corrected chi connectivity index (χ4v) is 4.58. The smallest absolute Gasteiger partial charge is 0.0851 e. The Morgan fingerprint density at radius 3 is 1.73 bits per heavy atom. The number of nitrogens with two attached hydrogens (primary N) is 2. The first kappa shape index (κ1) is 18.6. The molecule has 6 nitrogen and oxygen atoms in total. The van der Waals surface area contributed by atoms with Crippen molar-refractivity contribution < 1.29 is 18.9 Å². The van der Waals surface area contributed by atoms with Crippen molar-refractivity contribution >= 4 is 11.4 Å². The molecular formula is C24H28N2O4. The standard InChI is InChI=1S/C24H28N2O4/c25-23-21(8-17-12-30-17)19(6-15-10-28-15)20(7-16-11-29-16)22(24(23)26)18-4-2-1-3-13(18)5-14-9-27-14/h1-4,14-17H,5-12,25-26H2. The van der Waals surface area contributed by atoms with Crippen LogP contribution in [0.2, 0.25) is 0 Å². The fourth-order valence-electron chi connectivity index (χ4n) is 4.58. The van der Waals surface area contributed by atoms with E-state index in [1.165, 1.54) is 22.3 Å². The van der Waals surface area contributed by atoms with Crippen molar-refractivity contribution in [3.8, 4) is 11.1 Å². The molecule has 2 aromatic carbocycles. The van der Waals surface area contributed by atoms with Gasteiger partial charge in [0.1, 0.15) is 0 Å². The number of benzene rings is 2. The van der Waals surface area contributed by atoms with Crippen molar-refractivity contribution in [2.24, 2.45) is 0 Å². The summed E-state index contributed by atoms with van der Waals surface area (Å²) in [6.07, 6.45) is 4.53. The molecule has 2 aromatic rings. The molecule has 158 valence electrons. The normalized spacial score (nSPS) is 28.4. The second-order valence-corrected chi connectivity index (χ2v) is 8.93. The van der Waals surface area contributed by atoms with Gasteiger partial charge in [-0.15, -0.1) is 0 Å². The van der Waals surface area contributed by atoms with Crippen molar-refractivity contribution in [3.05, 3.63) is 46.5 Å². The molecule has 4 atom stereocenters. The average Bonchev–Trinajstić information content (AvgIpc) is 3.56. The van der Waals surface area contributed by atoms with Gasteiger partial charge in [-0.1, -0.05) is 24.3 Å². The summed E-state index contributed by atoms with van der Waals surface area (Å²) in [6, 6.07) is 8.51. The third-order valence-electron chi connectivity index (χ3n) is 6.55. The van der Waals surface area contributed by atoms with E-state index in [4.69, 9.17) is 30.4 Å². The van der Waals surface area contributed by atoms with Crippen LogP contribution in [0, 0.1) is 0 Å². The van der Waals surface area contributed by atoms with Gasteiger partial charge in [0.25, 0.3) is 0 Å². The van der Waals surface area contributed by atoms with Gasteiger partial charge in [-0.05, 0) is 27.8 Å². The van der Waals surface area contributed by atoms with E-state index >= 15 is 0 Å². The number of anilines is 2. The molecule has 6 heteroatoms. The van der Waals surface area contributed by atoms with E-state index in [0.717, 1.165) is 63.2 Å². The van der Waals surface area contributed by atoms with E-state index in [2.05, 4.69) is 24.3 Å². The summed E-state index contributed by atoms with van der Waals surface area (Å²) in [7, 11) is 0. The van der Waals surface area contributed by atoms with Gasteiger partial charge in [-0.25, -0.2) is 0 Å². The van der Waals surface area contributed by atoms with Gasteiger partial charge in [-0.2, -0.15) is 0 Å². The topological polar surface area (TPSA) is 102 Å². The highest BCUT2D eigenvalue weighted by atomic mass is 16.6. The van der Waals surface area contributed by atoms with Gasteiger partial charge in [0.15, 0.2) is 0 Å². The molecule has 0 saturated carbocycles. The highest BCUT2D eigenvalue weighted by molar-refractivity contribution is 5.91. The number of rotatable bonds is 9. The Morgan fingerprint density at radius 1 is 0.633 bits per heavy atom. The van der Waals surface area contributed by atoms with Gasteiger partial charge in [0.05, 0.1) is 62.2 Å². The number of ether oxygens (including phenoxy) is 4. The maximum absolute atomic E-state index is 6.77. The van der Waals surface area contributed by atoms with E-state index in [9.17, 15) is 0 Å². The van der Waals surface area contributed by atoms with E-state index in [1.807, 2.05) is 0 Å². The van der Waals surface area contributed by atoms with Crippen LogP contribution < -0.4 is 11.5 Å². The van der Waals surface area contributed by atoms with Crippen molar-refractivity contribution in [2.45, 2.75) is 50.1 Å². The molecule has 0 amide bonds. The summed E-state index contributed by atoms with van der Waals surface area (Å²) in [5, 5.41) is 0. The summed E-state index contributed by atoms with van der Waals surface area (Å²) >= 11 is 0. The third kappa shape index (κ3) is 3.81. The lowest BCUT2D eigenvalue weighted by Gasteiger charge is -2.24. The Balaban J connectivity index is 1.53. The summed E-state index contributed by atoms with van der Waals surface area (Å²) in [5.41, 5.74) is 22.1. The zero-order valence-corrected chi connectivity index (χ0v) is 17.1. The zero-order valence-electron chi connectivity index (χ0n) is 17.1. The van der Waals surface area contributed by atoms with Gasteiger partial charge < -0.3 is 30.4 Å². The summed E-state index contributed by atoms with van der Waals surface area (Å²) in [4.78, 5) is 0. The highest BCUT2D eigenvalue weighted by Crippen LogP contribution is 2.44. The molecular weight excluding hydrogens is 380 g/mol. The third-order valence-corrected chi connectivity index (χ3v) is 6.55. The predicted molar refractivity (Wildman–Crippen MR) is 114 cm³/mol. The largest absolute Gasteiger partial charge is 0.397 e. The number of nitrogen functional groups attached to an aromatic ring is 2. The summed E-state index contributed by atoms with van der Waals surface area (Å²) in [6.45, 7) is 3.25. The molecule has 4 aliphatic heterocycles. The van der Waals surface area contributed by atoms with Crippen LogP contribution in [0.3, 0.4) is 0 Å². The first-order valence-electron chi connectivity index (χ1n) is 10.9. The van der Waals surface area contributed by atoms with Crippen LogP contribution >= 0.6 is 0 Å². The van der Waals surface area contributed by atoms with E-state index in [-0.39, 0.29) is 18.3 Å². The van der Waals surface area contributed by atoms with Crippen molar-refractivity contribution in [2.75, 3.05) is 37.9 Å². The van der Waals surface area contributed by atoms with Gasteiger partial charge in [-0.3, -0.25) is 0 Å². The minimum absolute atomic E-state index is 0.251. The highest BCUT2D eigenvalue weighted by Gasteiger charge is 2.35. The van der Waals surface area contributed by atoms with Crippen molar-refractivity contribution in [3.63, 3.8) is 0 Å². The molecule has 0 bridgehead atoms. The molecule has 0 spiro atoms. The summed E-state index contributed by atoms with van der Waals surface area (Å²) < 4.78 is 22.3. The van der Waals surface area contributed by atoms with Gasteiger partial charge >= 0.3 is 0 Å². The quantitative estimate of drug-likeness (QED) is 0.488. The lowest BCUT2D eigenvalue weighted by molar-refractivity contribution is 0.398. The second-order valence-electron chi connectivity index (χ2n) is 8.93. The van der Waals surface area contributed by atoms with Gasteiger partial charge in [0, 0.05) is 31.2 Å². The lowest BCUT2D eigenvalue weighted by atomic mass is 9.82. The van der Waals surface area contributed by atoms with Gasteiger partial charge in [0.2, 0.25) is 0 Å². The van der Waals surface area contributed by atoms with Crippen LogP contribution in [0.4, 0.5) is 11.4 Å². The number of hydrogen-bond donors (Lipinski definition) is 2. The molecule has 4 heterocycles. The van der Waals surface area contributed by atoms with E-state index in [1.54, 1.807) is 0 Å². The molecule has 4 N–H and O–H groups in total. The molecule has 0 aliphatic carbocycles. The number of hydrogen-bond acceptors (Lipinski definition) is 6. The van der Waals surface area contributed by atoms with E-state index in [0.29, 0.717) is 17.5 Å². The maximum Gasteiger partial charge on any atom is 0.0851 e. The minimum Gasteiger partial charge on any atom is -0.397 e. The van der Waals surface area contributed by atoms with Crippen LogP contribution in [0.25, 0.3) is 11.1 Å². The zero-order chi connectivity index (χ0) is 20.2. The Labute approximate surface area is 176 Å². The van der Waals surface area contributed by atoms with Crippen LogP contribution in [0.15, 0.2) is 24.3 Å². The maximum atomic E-state index is 6.77. The molecule has 0 radical (unpaired) electrons. The summed E-state index contributed by atoms with van der Waals surface area (Å²) in [5.74, 6) is 0. The Kier molecular flexibility index (Phi) is 4.49. The number of epoxide rings is 4. The fraction of sp³-hybridized carbons (Fsp3) is 0.500. The first-order chi connectivity index (χ1) is 14.7. The average molecular weight is 408 g/mol. The minimum atomic E-state index is 0.251. The molecule has 4 saturated heterocycles. The molecule has 30 heavy (non-hydrogen) atoms. The predicted octanol–water partition coefficient (Wildman–Crippen LogP) is 2.28. The van der Waals surface area contributed by atoms with Crippen LogP contribution in [0.1, 0.15) is 22.3 Å². The second kappa shape index (κ2) is 7.24. The Morgan fingerprint density at radius 2 is 1.13 bits per heavy atom. The molecule has 4 aliphatic rings. The lowest BCUT2D eigenvalue weighted by Crippen LogP contribution is -2.16. The van der Waals surface area contributed by atoms with Crippen LogP contribution in [-0.4, -0.2) is 50.8 Å². The van der Waals surface area contributed by atoms with Crippen molar-refractivity contribution in [1.82, 2.24) is 0 Å². The van der Waals surface area contributed by atoms with E-state index < -0.39 is 0 Å².